The topological polar surface area (TPSA) is 291 Å². The Morgan fingerprint density at radius 3 is 2.23 bits per heavy atom. The second kappa shape index (κ2) is 23.6. The first-order valence-electron chi connectivity index (χ1n) is 22.1. The predicted octanol–water partition coefficient (Wildman–Crippen LogP) is 3.08. The van der Waals surface area contributed by atoms with Gasteiger partial charge in [0.15, 0.2) is 11.4 Å². The summed E-state index contributed by atoms with van der Waals surface area (Å²) < 4.78 is 66.7. The number of amides is 7. The van der Waals surface area contributed by atoms with E-state index in [0.29, 0.717) is 70.3 Å². The van der Waals surface area contributed by atoms with Gasteiger partial charge in [-0.3, -0.25) is 43.8 Å². The van der Waals surface area contributed by atoms with Crippen molar-refractivity contribution in [3.8, 4) is 17.1 Å². The van der Waals surface area contributed by atoms with Crippen LogP contribution in [0.5, 0.6) is 0 Å². The quantitative estimate of drug-likeness (QED) is 0.0415. The number of carbonyl (C=O) groups is 7. The van der Waals surface area contributed by atoms with Gasteiger partial charge in [-0.2, -0.15) is 18.3 Å². The molecule has 2 aliphatic rings. The zero-order chi connectivity index (χ0) is 50.5. The fourth-order valence-corrected chi connectivity index (χ4v) is 7.25. The Labute approximate surface area is 401 Å². The molecule has 5 heterocycles. The Morgan fingerprint density at radius 1 is 0.845 bits per heavy atom. The van der Waals surface area contributed by atoms with Crippen molar-refractivity contribution in [2.45, 2.75) is 37.9 Å². The molecule has 7 amide bonds. The van der Waals surface area contributed by atoms with Gasteiger partial charge < -0.3 is 45.0 Å². The van der Waals surface area contributed by atoms with Gasteiger partial charge in [-0.05, 0) is 73.4 Å². The molecule has 2 aromatic carbocycles. The summed E-state index contributed by atoms with van der Waals surface area (Å²) in [6, 6.07) is 12.9. The number of carbonyl (C=O) groups excluding carboxylic acids is 7. The number of benzene rings is 2. The second-order valence-electron chi connectivity index (χ2n) is 15.8. The Balaban J connectivity index is 0.725. The Kier molecular flexibility index (Phi) is 17.0. The lowest BCUT2D eigenvalue weighted by atomic mass is 10.0. The summed E-state index contributed by atoms with van der Waals surface area (Å²) in [7, 11) is 0. The molecule has 0 saturated carbocycles. The maximum Gasteiger partial charge on any atom is 0.405 e. The monoisotopic (exact) mass is 988 g/mol. The number of rotatable bonds is 25. The number of hydrogen-bond acceptors (Lipinski definition) is 16. The highest BCUT2D eigenvalue weighted by Crippen LogP contribution is 2.29. The van der Waals surface area contributed by atoms with Crippen LogP contribution in [0.25, 0.3) is 17.1 Å². The molecule has 7 rings (SSSR count). The number of anilines is 2. The summed E-state index contributed by atoms with van der Waals surface area (Å²) in [6.07, 6.45) is 0.569. The van der Waals surface area contributed by atoms with Crippen LogP contribution in [0.4, 0.5) is 24.7 Å². The normalized spacial score (nSPS) is 14.6. The van der Waals surface area contributed by atoms with Crippen molar-refractivity contribution in [2.24, 2.45) is 5.73 Å². The molecule has 5 aromatic rings. The number of pyridine rings is 1. The maximum atomic E-state index is 13.1. The number of nitrogens with zero attached hydrogens (tertiary/aromatic N) is 5. The lowest BCUT2D eigenvalue weighted by molar-refractivity contribution is -0.136. The molecule has 2 aliphatic heterocycles. The number of imide groups is 2. The Hall–Kier alpha value is -7.87. The number of primary amides is 1. The van der Waals surface area contributed by atoms with E-state index < -0.39 is 54.2 Å². The van der Waals surface area contributed by atoms with Crippen LogP contribution in [0.3, 0.4) is 0 Å². The Morgan fingerprint density at radius 2 is 1.54 bits per heavy atom. The van der Waals surface area contributed by atoms with Gasteiger partial charge in [-0.15, -0.1) is 0 Å². The van der Waals surface area contributed by atoms with E-state index in [1.165, 1.54) is 41.3 Å². The molecule has 22 nitrogen and oxygen atoms in total. The summed E-state index contributed by atoms with van der Waals surface area (Å²) in [6.45, 7) is 1.63. The van der Waals surface area contributed by atoms with E-state index in [1.54, 1.807) is 30.3 Å². The number of aromatic nitrogens is 4. The lowest BCUT2D eigenvalue weighted by Gasteiger charge is -2.27. The smallest absolute Gasteiger partial charge is 0.405 e. The number of nitrogens with two attached hydrogens (primary N) is 1. The van der Waals surface area contributed by atoms with Gasteiger partial charge in [0.2, 0.25) is 17.7 Å². The van der Waals surface area contributed by atoms with Gasteiger partial charge >= 0.3 is 6.18 Å². The maximum absolute atomic E-state index is 13.1. The molecule has 71 heavy (non-hydrogen) atoms. The first-order valence-corrected chi connectivity index (χ1v) is 22.1. The van der Waals surface area contributed by atoms with Crippen LogP contribution in [0.1, 0.15) is 76.9 Å². The highest BCUT2D eigenvalue weighted by molar-refractivity contribution is 6.23. The van der Waals surface area contributed by atoms with Crippen molar-refractivity contribution in [2.75, 3.05) is 76.6 Å². The van der Waals surface area contributed by atoms with Gasteiger partial charge in [-0.1, -0.05) is 6.07 Å². The Bertz CT molecular complexity index is 2760. The van der Waals surface area contributed by atoms with Crippen LogP contribution < -0.4 is 27.0 Å². The molecule has 6 N–H and O–H groups in total. The van der Waals surface area contributed by atoms with Crippen molar-refractivity contribution in [1.29, 1.82) is 0 Å². The molecule has 1 saturated heterocycles. The number of alkyl halides is 3. The highest BCUT2D eigenvalue weighted by atomic mass is 19.4. The van der Waals surface area contributed by atoms with E-state index >= 15 is 0 Å². The summed E-state index contributed by atoms with van der Waals surface area (Å²) in [4.78, 5) is 96.6. The second-order valence-corrected chi connectivity index (χ2v) is 15.8. The highest BCUT2D eigenvalue weighted by Gasteiger charge is 2.44. The van der Waals surface area contributed by atoms with Crippen LogP contribution in [0.2, 0.25) is 0 Å². The lowest BCUT2D eigenvalue weighted by Crippen LogP contribution is -2.54. The molecule has 1 atom stereocenters. The molecular formula is C46H47F3N10O12. The summed E-state index contributed by atoms with van der Waals surface area (Å²) >= 11 is 0. The third-order valence-corrected chi connectivity index (χ3v) is 10.7. The fraction of sp³-hybridized carbons (Fsp3) is 0.348. The largest absolute Gasteiger partial charge is 0.444 e. The number of nitrogens with one attached hydrogen (secondary N) is 4. The number of fused-ring (bicyclic) bond motifs is 1. The SMILES string of the molecule is NC(=O)c1nn(-c2ccc(C(=O)NCCOCCOCCOCCOCCCc3ccc4c(c3)C(=O)N(C3CCC(=O)NC3=O)C4=O)cc2)cc1NC(=O)c1coc(-c2ccnc(NCC(F)(F)F)c2)n1. The average molecular weight is 989 g/mol. The van der Waals surface area contributed by atoms with Crippen molar-refractivity contribution < 1.29 is 70.1 Å². The van der Waals surface area contributed by atoms with Gasteiger partial charge in [-0.25, -0.2) is 14.6 Å². The average Bonchev–Trinajstić information content (AvgIpc) is 4.08. The molecule has 374 valence electrons. The van der Waals surface area contributed by atoms with Gasteiger partial charge in [0.05, 0.1) is 74.9 Å². The van der Waals surface area contributed by atoms with Gasteiger partial charge in [0.1, 0.15) is 24.7 Å². The summed E-state index contributed by atoms with van der Waals surface area (Å²) in [5, 5.41) is 13.8. The van der Waals surface area contributed by atoms with E-state index in [4.69, 9.17) is 29.1 Å². The zero-order valence-electron chi connectivity index (χ0n) is 37.8. The van der Waals surface area contributed by atoms with Crippen molar-refractivity contribution >= 4 is 52.9 Å². The third-order valence-electron chi connectivity index (χ3n) is 10.7. The van der Waals surface area contributed by atoms with Crippen molar-refractivity contribution in [3.63, 3.8) is 0 Å². The molecule has 3 aromatic heterocycles. The van der Waals surface area contributed by atoms with E-state index in [9.17, 15) is 46.7 Å². The molecule has 0 aliphatic carbocycles. The van der Waals surface area contributed by atoms with E-state index in [-0.39, 0.29) is 77.4 Å². The zero-order valence-corrected chi connectivity index (χ0v) is 37.8. The number of oxazole rings is 1. The molecule has 1 fully saturated rings. The molecule has 0 bridgehead atoms. The molecule has 0 spiro atoms. The van der Waals surface area contributed by atoms with Crippen LogP contribution in [0.15, 0.2) is 77.7 Å². The van der Waals surface area contributed by atoms with Crippen LogP contribution in [-0.2, 0) is 35.0 Å². The summed E-state index contributed by atoms with van der Waals surface area (Å²) in [5.74, 6) is -4.44. The number of aryl methyl sites for hydroxylation is 1. The van der Waals surface area contributed by atoms with Crippen LogP contribution in [0, 0.1) is 0 Å². The van der Waals surface area contributed by atoms with E-state index in [2.05, 4.69) is 36.3 Å². The number of ether oxygens (including phenoxy) is 4. The predicted molar refractivity (Wildman–Crippen MR) is 241 cm³/mol. The van der Waals surface area contributed by atoms with E-state index in [0.717, 1.165) is 16.7 Å². The van der Waals surface area contributed by atoms with E-state index in [1.807, 2.05) is 0 Å². The fourth-order valence-electron chi connectivity index (χ4n) is 7.25. The minimum atomic E-state index is -4.46. The van der Waals surface area contributed by atoms with Gasteiger partial charge in [0, 0.05) is 36.9 Å². The minimum Gasteiger partial charge on any atom is -0.444 e. The molecule has 25 heteroatoms. The van der Waals surface area contributed by atoms with Crippen molar-refractivity contribution in [3.05, 3.63) is 107 Å². The molecular weight excluding hydrogens is 942 g/mol. The summed E-state index contributed by atoms with van der Waals surface area (Å²) in [5.41, 5.74) is 7.31. The number of piperidine rings is 1. The first kappa shape index (κ1) is 51.0. The third kappa shape index (κ3) is 13.7. The van der Waals surface area contributed by atoms with Crippen LogP contribution in [-0.4, -0.2) is 144 Å². The first-order chi connectivity index (χ1) is 34.1. The number of hydrogen-bond donors (Lipinski definition) is 5. The minimum absolute atomic E-state index is 0.0527. The van der Waals surface area contributed by atoms with Crippen LogP contribution >= 0.6 is 0 Å². The molecule has 1 unspecified atom stereocenters. The number of halogens is 3. The molecule has 0 radical (unpaired) electrons. The van der Waals surface area contributed by atoms with Gasteiger partial charge in [0.25, 0.3) is 29.5 Å². The van der Waals surface area contributed by atoms with Crippen molar-refractivity contribution in [1.82, 2.24) is 35.3 Å². The standard InChI is InChI=1S/C46H47F3N10O12/c47-46(48,49)26-53-36-23-29(11-12-51-36)43-55-34(25-71-43)41(63)54-33-24-58(57-38(33)39(50)61)30-6-4-28(5-7-30)40(62)52-13-15-68-17-19-70-21-20-69-18-16-67-14-1-2-27-3-8-31-32(22-27)45(66)59(44(31)65)35-9-10-37(60)56-42(35)64/h3-8,11-12,22-25,35H,1-2,9-10,13-21,26H2,(H2,50,61)(H,51,53)(H,52,62)(H,54,63)(H,56,60,64).